The summed E-state index contributed by atoms with van der Waals surface area (Å²) in [4.78, 5) is 14.6. The molecule has 0 atom stereocenters. The SMILES string of the molecule is COCCN(Cc1cccs1)C(=O)COC. The third-order valence-corrected chi connectivity index (χ3v) is 2.97. The van der Waals surface area contributed by atoms with Gasteiger partial charge in [0.05, 0.1) is 13.2 Å². The van der Waals surface area contributed by atoms with Crippen molar-refractivity contribution in [3.05, 3.63) is 22.4 Å². The highest BCUT2D eigenvalue weighted by molar-refractivity contribution is 7.09. The molecule has 1 amide bonds. The highest BCUT2D eigenvalue weighted by Gasteiger charge is 2.13. The second-order valence-electron chi connectivity index (χ2n) is 3.32. The summed E-state index contributed by atoms with van der Waals surface area (Å²) in [5.41, 5.74) is 0. The zero-order chi connectivity index (χ0) is 11.8. The van der Waals surface area contributed by atoms with Crippen molar-refractivity contribution in [3.63, 3.8) is 0 Å². The van der Waals surface area contributed by atoms with E-state index in [-0.39, 0.29) is 12.5 Å². The Kier molecular flexibility index (Phi) is 6.07. The van der Waals surface area contributed by atoms with Gasteiger partial charge in [-0.05, 0) is 11.4 Å². The Labute approximate surface area is 99.8 Å². The van der Waals surface area contributed by atoms with E-state index in [4.69, 9.17) is 9.47 Å². The summed E-state index contributed by atoms with van der Waals surface area (Å²) in [5, 5.41) is 2.00. The van der Waals surface area contributed by atoms with E-state index in [0.717, 1.165) is 0 Å². The Morgan fingerprint density at radius 1 is 1.44 bits per heavy atom. The van der Waals surface area contributed by atoms with Crippen LogP contribution >= 0.6 is 11.3 Å². The monoisotopic (exact) mass is 243 g/mol. The van der Waals surface area contributed by atoms with Gasteiger partial charge in [0.2, 0.25) is 5.91 Å². The zero-order valence-corrected chi connectivity index (χ0v) is 10.5. The van der Waals surface area contributed by atoms with Crippen molar-refractivity contribution in [3.8, 4) is 0 Å². The average Bonchev–Trinajstić information content (AvgIpc) is 2.77. The van der Waals surface area contributed by atoms with Crippen LogP contribution in [-0.4, -0.2) is 44.8 Å². The predicted octanol–water partition coefficient (Wildman–Crippen LogP) is 1.37. The number of nitrogens with zero attached hydrogens (tertiary/aromatic N) is 1. The molecule has 0 bridgehead atoms. The third-order valence-electron chi connectivity index (χ3n) is 2.11. The normalized spacial score (nSPS) is 10.4. The first-order valence-electron chi connectivity index (χ1n) is 5.06. The largest absolute Gasteiger partial charge is 0.383 e. The van der Waals surface area contributed by atoms with Crippen LogP contribution in [0.15, 0.2) is 17.5 Å². The van der Waals surface area contributed by atoms with Gasteiger partial charge in [-0.3, -0.25) is 4.79 Å². The van der Waals surface area contributed by atoms with Gasteiger partial charge in [0.15, 0.2) is 0 Å². The molecule has 4 nitrogen and oxygen atoms in total. The van der Waals surface area contributed by atoms with Crippen LogP contribution in [0.2, 0.25) is 0 Å². The van der Waals surface area contributed by atoms with Crippen LogP contribution in [0, 0.1) is 0 Å². The van der Waals surface area contributed by atoms with Gasteiger partial charge in [-0.1, -0.05) is 6.07 Å². The topological polar surface area (TPSA) is 38.8 Å². The van der Waals surface area contributed by atoms with Crippen molar-refractivity contribution in [2.45, 2.75) is 6.54 Å². The van der Waals surface area contributed by atoms with Gasteiger partial charge in [-0.2, -0.15) is 0 Å². The summed E-state index contributed by atoms with van der Waals surface area (Å²) in [6.07, 6.45) is 0. The minimum Gasteiger partial charge on any atom is -0.383 e. The molecule has 5 heteroatoms. The second kappa shape index (κ2) is 7.38. The molecule has 0 fully saturated rings. The number of carbonyl (C=O) groups excluding carboxylic acids is 1. The Balaban J connectivity index is 2.52. The van der Waals surface area contributed by atoms with Crippen LogP contribution in [0.3, 0.4) is 0 Å². The van der Waals surface area contributed by atoms with Crippen molar-refractivity contribution in [2.24, 2.45) is 0 Å². The molecule has 0 aliphatic heterocycles. The van der Waals surface area contributed by atoms with Gasteiger partial charge in [0.1, 0.15) is 6.61 Å². The summed E-state index contributed by atoms with van der Waals surface area (Å²) >= 11 is 1.64. The smallest absolute Gasteiger partial charge is 0.248 e. The highest BCUT2D eigenvalue weighted by Crippen LogP contribution is 2.11. The quantitative estimate of drug-likeness (QED) is 0.726. The number of amides is 1. The summed E-state index contributed by atoms with van der Waals surface area (Å²) in [6, 6.07) is 4.00. The highest BCUT2D eigenvalue weighted by atomic mass is 32.1. The molecule has 0 aliphatic carbocycles. The number of thiophene rings is 1. The van der Waals surface area contributed by atoms with Crippen LogP contribution in [0.4, 0.5) is 0 Å². The number of carbonyl (C=O) groups is 1. The molecule has 1 aromatic rings. The Bertz CT molecular complexity index is 300. The maximum absolute atomic E-state index is 11.7. The molecule has 1 aromatic heterocycles. The lowest BCUT2D eigenvalue weighted by atomic mass is 10.4. The maximum Gasteiger partial charge on any atom is 0.248 e. The first-order chi connectivity index (χ1) is 7.77. The Hall–Kier alpha value is -0.910. The van der Waals surface area contributed by atoms with Gasteiger partial charge in [0, 0.05) is 25.6 Å². The van der Waals surface area contributed by atoms with Crippen molar-refractivity contribution in [1.29, 1.82) is 0 Å². The zero-order valence-electron chi connectivity index (χ0n) is 9.64. The lowest BCUT2D eigenvalue weighted by molar-refractivity contribution is -0.136. The summed E-state index contributed by atoms with van der Waals surface area (Å²) in [5.74, 6) is -0.00653. The molecule has 1 heterocycles. The standard InChI is InChI=1S/C11H17NO3S/c1-14-6-5-12(11(13)9-15-2)8-10-4-3-7-16-10/h3-4,7H,5-6,8-9H2,1-2H3. The predicted molar refractivity (Wildman–Crippen MR) is 63.5 cm³/mol. The van der Waals surface area contributed by atoms with Crippen molar-refractivity contribution in [1.82, 2.24) is 4.90 Å². The molecule has 0 aliphatic rings. The van der Waals surface area contributed by atoms with Crippen LogP contribution < -0.4 is 0 Å². The molecule has 0 aromatic carbocycles. The third kappa shape index (κ3) is 4.30. The molecular formula is C11H17NO3S. The summed E-state index contributed by atoms with van der Waals surface area (Å²) in [6.45, 7) is 1.88. The maximum atomic E-state index is 11.7. The number of hydrogen-bond acceptors (Lipinski definition) is 4. The number of methoxy groups -OCH3 is 2. The molecule has 0 radical (unpaired) electrons. The molecule has 0 spiro atoms. The van der Waals surface area contributed by atoms with E-state index in [1.165, 1.54) is 12.0 Å². The first-order valence-corrected chi connectivity index (χ1v) is 5.94. The van der Waals surface area contributed by atoms with E-state index >= 15 is 0 Å². The van der Waals surface area contributed by atoms with Crippen molar-refractivity contribution in [2.75, 3.05) is 34.0 Å². The number of rotatable bonds is 7. The molecule has 16 heavy (non-hydrogen) atoms. The van der Waals surface area contributed by atoms with E-state index in [0.29, 0.717) is 19.7 Å². The van der Waals surface area contributed by atoms with Gasteiger partial charge in [0.25, 0.3) is 0 Å². The molecule has 0 saturated heterocycles. The minimum absolute atomic E-state index is 0.00653. The lowest BCUT2D eigenvalue weighted by Crippen LogP contribution is -2.35. The van der Waals surface area contributed by atoms with Gasteiger partial charge >= 0.3 is 0 Å². The van der Waals surface area contributed by atoms with Crippen molar-refractivity contribution >= 4 is 17.2 Å². The van der Waals surface area contributed by atoms with E-state index in [1.54, 1.807) is 23.3 Å². The van der Waals surface area contributed by atoms with E-state index in [9.17, 15) is 4.79 Å². The number of ether oxygens (including phenoxy) is 2. The summed E-state index contributed by atoms with van der Waals surface area (Å²) in [7, 11) is 3.15. The van der Waals surface area contributed by atoms with E-state index < -0.39 is 0 Å². The van der Waals surface area contributed by atoms with Crippen LogP contribution in [0.1, 0.15) is 4.88 Å². The van der Waals surface area contributed by atoms with Gasteiger partial charge in [-0.15, -0.1) is 11.3 Å². The number of hydrogen-bond donors (Lipinski definition) is 0. The molecule has 1 rings (SSSR count). The summed E-state index contributed by atoms with van der Waals surface area (Å²) < 4.78 is 9.84. The van der Waals surface area contributed by atoms with Crippen LogP contribution in [0.25, 0.3) is 0 Å². The van der Waals surface area contributed by atoms with E-state index in [1.807, 2.05) is 17.5 Å². The molecule has 90 valence electrons. The fourth-order valence-electron chi connectivity index (χ4n) is 1.30. The Morgan fingerprint density at radius 2 is 2.25 bits per heavy atom. The van der Waals surface area contributed by atoms with Gasteiger partial charge < -0.3 is 14.4 Å². The molecule has 0 saturated carbocycles. The molecule has 0 N–H and O–H groups in total. The van der Waals surface area contributed by atoms with E-state index in [2.05, 4.69) is 0 Å². The first kappa shape index (κ1) is 13.2. The average molecular weight is 243 g/mol. The molecule has 0 unspecified atom stereocenters. The van der Waals surface area contributed by atoms with Gasteiger partial charge in [-0.25, -0.2) is 0 Å². The van der Waals surface area contributed by atoms with Crippen LogP contribution in [-0.2, 0) is 20.8 Å². The fraction of sp³-hybridized carbons (Fsp3) is 0.545. The lowest BCUT2D eigenvalue weighted by Gasteiger charge is -2.21. The van der Waals surface area contributed by atoms with Crippen LogP contribution in [0.5, 0.6) is 0 Å². The molecular weight excluding hydrogens is 226 g/mol. The Morgan fingerprint density at radius 3 is 2.81 bits per heavy atom. The minimum atomic E-state index is -0.00653. The second-order valence-corrected chi connectivity index (χ2v) is 4.35. The fourth-order valence-corrected chi connectivity index (χ4v) is 2.02. The van der Waals surface area contributed by atoms with Crippen molar-refractivity contribution < 1.29 is 14.3 Å².